The lowest BCUT2D eigenvalue weighted by molar-refractivity contribution is -0.122. The Labute approximate surface area is 156 Å². The third-order valence-corrected chi connectivity index (χ3v) is 4.40. The molecule has 0 fully saturated rings. The van der Waals surface area contributed by atoms with Crippen molar-refractivity contribution >= 4 is 18.1 Å². The smallest absolute Gasteiger partial charge is 0.240 e. The normalized spacial score (nSPS) is 11.8. The van der Waals surface area contributed by atoms with Crippen molar-refractivity contribution in [3.63, 3.8) is 0 Å². The first-order valence-electron chi connectivity index (χ1n) is 8.22. The summed E-state index contributed by atoms with van der Waals surface area (Å²) in [5.74, 6) is 1.23. The number of ether oxygens (including phenoxy) is 1. The third kappa shape index (κ3) is 4.00. The van der Waals surface area contributed by atoms with E-state index in [1.165, 1.54) is 0 Å². The minimum atomic E-state index is -0.131. The number of amides is 1. The van der Waals surface area contributed by atoms with E-state index in [0.29, 0.717) is 10.6 Å². The first-order chi connectivity index (χ1) is 12.6. The number of rotatable bonds is 6. The Hall–Kier alpha value is -2.93. The van der Waals surface area contributed by atoms with Crippen molar-refractivity contribution in [2.24, 2.45) is 0 Å². The average Bonchev–Trinajstić information content (AvgIpc) is 3.03. The van der Waals surface area contributed by atoms with Crippen molar-refractivity contribution in [3.8, 4) is 17.1 Å². The molecule has 0 spiro atoms. The van der Waals surface area contributed by atoms with Gasteiger partial charge in [-0.15, -0.1) is 0 Å². The molecular weight excluding hydrogens is 348 g/mol. The zero-order chi connectivity index (χ0) is 18.5. The molecule has 0 aliphatic carbocycles. The van der Waals surface area contributed by atoms with Crippen LogP contribution in [0.5, 0.6) is 5.75 Å². The molecule has 6 nitrogen and oxygen atoms in total. The maximum atomic E-state index is 12.5. The highest BCUT2D eigenvalue weighted by Gasteiger charge is 2.14. The Morgan fingerprint density at radius 1 is 1.23 bits per heavy atom. The van der Waals surface area contributed by atoms with Gasteiger partial charge < -0.3 is 10.1 Å². The van der Waals surface area contributed by atoms with E-state index in [0.717, 1.165) is 16.9 Å². The molecule has 1 amide bonds. The lowest BCUT2D eigenvalue weighted by atomic mass is 10.1. The number of hydrogen-bond donors (Lipinski definition) is 2. The van der Waals surface area contributed by atoms with Crippen molar-refractivity contribution in [1.29, 1.82) is 0 Å². The summed E-state index contributed by atoms with van der Waals surface area (Å²) in [4.78, 5) is 12.5. The van der Waals surface area contributed by atoms with E-state index in [1.54, 1.807) is 11.7 Å². The molecule has 1 atom stereocenters. The van der Waals surface area contributed by atoms with E-state index < -0.39 is 0 Å². The van der Waals surface area contributed by atoms with Crippen LogP contribution in [0.1, 0.15) is 18.5 Å². The van der Waals surface area contributed by atoms with Gasteiger partial charge in [0.2, 0.25) is 5.91 Å². The average molecular weight is 368 g/mol. The standard InChI is InChI=1S/C19H20N4O2S/c1-13(14-6-4-3-5-7-14)20-17(24)12-23-18(21-22-19(23)26)15-8-10-16(25-2)11-9-15/h3-11,13H,12H2,1-2H3,(H,20,24)(H,22,26)/t13-/m0/s1. The first kappa shape index (κ1) is 17.9. The van der Waals surface area contributed by atoms with Crippen molar-refractivity contribution in [2.75, 3.05) is 7.11 Å². The number of benzene rings is 2. The van der Waals surface area contributed by atoms with Crippen molar-refractivity contribution < 1.29 is 9.53 Å². The minimum Gasteiger partial charge on any atom is -0.497 e. The van der Waals surface area contributed by atoms with Crippen LogP contribution in [0.25, 0.3) is 11.4 Å². The zero-order valence-corrected chi connectivity index (χ0v) is 15.4. The number of carbonyl (C=O) groups excluding carboxylic acids is 1. The number of hydrogen-bond acceptors (Lipinski definition) is 4. The number of nitrogens with zero attached hydrogens (tertiary/aromatic N) is 2. The largest absolute Gasteiger partial charge is 0.497 e. The summed E-state index contributed by atoms with van der Waals surface area (Å²) < 4.78 is 7.26. The Morgan fingerprint density at radius 2 is 1.92 bits per heavy atom. The van der Waals surface area contributed by atoms with E-state index in [-0.39, 0.29) is 18.5 Å². The molecule has 1 aromatic heterocycles. The van der Waals surface area contributed by atoms with E-state index in [2.05, 4.69) is 15.5 Å². The molecule has 0 aliphatic heterocycles. The summed E-state index contributed by atoms with van der Waals surface area (Å²) in [5.41, 5.74) is 1.90. The first-order valence-corrected chi connectivity index (χ1v) is 8.63. The molecule has 0 saturated heterocycles. The molecule has 3 aromatic rings. The molecule has 134 valence electrons. The fourth-order valence-corrected chi connectivity index (χ4v) is 2.88. The van der Waals surface area contributed by atoms with Crippen molar-refractivity contribution in [2.45, 2.75) is 19.5 Å². The van der Waals surface area contributed by atoms with Crippen LogP contribution >= 0.6 is 12.2 Å². The highest BCUT2D eigenvalue weighted by Crippen LogP contribution is 2.21. The van der Waals surface area contributed by atoms with Gasteiger partial charge in [0.15, 0.2) is 10.6 Å². The molecule has 0 bridgehead atoms. The van der Waals surface area contributed by atoms with E-state index in [1.807, 2.05) is 61.5 Å². The Kier molecular flexibility index (Phi) is 5.48. The minimum absolute atomic E-state index is 0.0887. The zero-order valence-electron chi connectivity index (χ0n) is 14.6. The van der Waals surface area contributed by atoms with Crippen LogP contribution < -0.4 is 10.1 Å². The SMILES string of the molecule is COc1ccc(-c2n[nH]c(=S)n2CC(=O)N[C@@H](C)c2ccccc2)cc1. The second-order valence-electron chi connectivity index (χ2n) is 5.87. The molecule has 2 N–H and O–H groups in total. The quantitative estimate of drug-likeness (QED) is 0.653. The molecule has 26 heavy (non-hydrogen) atoms. The van der Waals surface area contributed by atoms with Crippen LogP contribution in [0.4, 0.5) is 0 Å². The lowest BCUT2D eigenvalue weighted by Gasteiger charge is -2.15. The summed E-state index contributed by atoms with van der Waals surface area (Å²) in [6.07, 6.45) is 0. The second kappa shape index (κ2) is 7.97. The van der Waals surface area contributed by atoms with Crippen LogP contribution in [0, 0.1) is 4.77 Å². The van der Waals surface area contributed by atoms with Gasteiger partial charge in [-0.1, -0.05) is 30.3 Å². The Bertz CT molecular complexity index is 932. The molecular formula is C19H20N4O2S. The van der Waals surface area contributed by atoms with Gasteiger partial charge in [0.05, 0.1) is 13.2 Å². The van der Waals surface area contributed by atoms with Gasteiger partial charge in [-0.25, -0.2) is 0 Å². The number of aromatic nitrogens is 3. The highest BCUT2D eigenvalue weighted by atomic mass is 32.1. The second-order valence-corrected chi connectivity index (χ2v) is 6.25. The summed E-state index contributed by atoms with van der Waals surface area (Å²) in [5, 5.41) is 10.0. The van der Waals surface area contributed by atoms with Crippen molar-refractivity contribution in [1.82, 2.24) is 20.1 Å². The van der Waals surface area contributed by atoms with E-state index in [4.69, 9.17) is 17.0 Å². The molecule has 7 heteroatoms. The number of methoxy groups -OCH3 is 1. The summed E-state index contributed by atoms with van der Waals surface area (Å²) in [7, 11) is 1.61. The summed E-state index contributed by atoms with van der Waals surface area (Å²) in [6.45, 7) is 2.04. The van der Waals surface area contributed by atoms with Crippen LogP contribution in [-0.2, 0) is 11.3 Å². The fourth-order valence-electron chi connectivity index (χ4n) is 2.68. The molecule has 2 aromatic carbocycles. The summed E-state index contributed by atoms with van der Waals surface area (Å²) in [6, 6.07) is 17.2. The fraction of sp³-hybridized carbons (Fsp3) is 0.211. The third-order valence-electron chi connectivity index (χ3n) is 4.09. The summed E-state index contributed by atoms with van der Waals surface area (Å²) >= 11 is 5.29. The molecule has 1 heterocycles. The topological polar surface area (TPSA) is 71.9 Å². The molecule has 0 saturated carbocycles. The predicted octanol–water partition coefficient (Wildman–Crippen LogP) is 3.49. The molecule has 0 radical (unpaired) electrons. The van der Waals surface area contributed by atoms with Gasteiger partial charge in [0.25, 0.3) is 0 Å². The highest BCUT2D eigenvalue weighted by molar-refractivity contribution is 7.71. The van der Waals surface area contributed by atoms with Gasteiger partial charge in [-0.05, 0) is 49.0 Å². The van der Waals surface area contributed by atoms with Gasteiger partial charge in [0.1, 0.15) is 12.3 Å². The van der Waals surface area contributed by atoms with E-state index >= 15 is 0 Å². The molecule has 0 aliphatic rings. The molecule has 0 unspecified atom stereocenters. The monoisotopic (exact) mass is 368 g/mol. The van der Waals surface area contributed by atoms with E-state index in [9.17, 15) is 4.79 Å². The predicted molar refractivity (Wildman–Crippen MR) is 102 cm³/mol. The van der Waals surface area contributed by atoms with Crippen LogP contribution in [0.15, 0.2) is 54.6 Å². The van der Waals surface area contributed by atoms with Gasteiger partial charge >= 0.3 is 0 Å². The number of H-pyrrole nitrogens is 1. The van der Waals surface area contributed by atoms with Gasteiger partial charge in [-0.2, -0.15) is 5.10 Å². The maximum absolute atomic E-state index is 12.5. The Morgan fingerprint density at radius 3 is 2.58 bits per heavy atom. The van der Waals surface area contributed by atoms with Gasteiger partial charge in [0, 0.05) is 5.56 Å². The van der Waals surface area contributed by atoms with Crippen LogP contribution in [0.3, 0.4) is 0 Å². The lowest BCUT2D eigenvalue weighted by Crippen LogP contribution is -2.30. The number of carbonyl (C=O) groups is 1. The molecule has 3 rings (SSSR count). The van der Waals surface area contributed by atoms with Crippen molar-refractivity contribution in [3.05, 3.63) is 64.9 Å². The van der Waals surface area contributed by atoms with Crippen LogP contribution in [0.2, 0.25) is 0 Å². The number of aromatic amines is 1. The Balaban J connectivity index is 1.76. The van der Waals surface area contributed by atoms with Gasteiger partial charge in [-0.3, -0.25) is 14.5 Å². The van der Waals surface area contributed by atoms with Crippen LogP contribution in [-0.4, -0.2) is 27.8 Å². The maximum Gasteiger partial charge on any atom is 0.240 e. The number of nitrogens with one attached hydrogen (secondary N) is 2.